The number of nitrogens with zero attached hydrogens (tertiary/aromatic N) is 3. The molecule has 0 saturated carbocycles. The summed E-state index contributed by atoms with van der Waals surface area (Å²) in [6.45, 7) is 0. The van der Waals surface area contributed by atoms with Gasteiger partial charge < -0.3 is 9.88 Å². The summed E-state index contributed by atoms with van der Waals surface area (Å²) in [6, 6.07) is 79.7. The molecule has 1 spiro atoms. The van der Waals surface area contributed by atoms with E-state index in [0.29, 0.717) is 5.84 Å². The number of hydrogen-bond donors (Lipinski definition) is 1. The van der Waals surface area contributed by atoms with E-state index >= 15 is 0 Å². The molecule has 1 atom stereocenters. The van der Waals surface area contributed by atoms with Gasteiger partial charge in [-0.1, -0.05) is 182 Å². The van der Waals surface area contributed by atoms with Crippen LogP contribution in [0.1, 0.15) is 45.1 Å². The molecule has 2 heterocycles. The SMILES string of the molecule is c1ccc(C2=NC(c3ccc(-n4c5ccccc5c5cc6ccccc6cc54)c4ccccc34)=NC(c3ccc4c(c3)C3(c5ccccc5-c5ccccc53)c3ccccc3-4)N2)cc1. The van der Waals surface area contributed by atoms with Crippen molar-refractivity contribution in [2.75, 3.05) is 0 Å². The Kier molecular flexibility index (Phi) is 7.35. The molecule has 1 unspecified atom stereocenters. The van der Waals surface area contributed by atoms with Gasteiger partial charge in [-0.3, -0.25) is 0 Å². The fraction of sp³-hybridized carbons (Fsp3) is 0.0333. The normalized spacial score (nSPS) is 15.5. The third kappa shape index (κ3) is 4.82. The Morgan fingerprint density at radius 1 is 0.406 bits per heavy atom. The number of hydrogen-bond acceptors (Lipinski definition) is 3. The lowest BCUT2D eigenvalue weighted by atomic mass is 9.70. The van der Waals surface area contributed by atoms with E-state index in [1.807, 2.05) is 0 Å². The van der Waals surface area contributed by atoms with Crippen LogP contribution in [0, 0.1) is 0 Å². The minimum absolute atomic E-state index is 0.398. The number of fused-ring (bicyclic) bond motifs is 15. The van der Waals surface area contributed by atoms with Gasteiger partial charge >= 0.3 is 0 Å². The first kappa shape index (κ1) is 35.3. The van der Waals surface area contributed by atoms with Gasteiger partial charge in [0.2, 0.25) is 0 Å². The number of para-hydroxylation sites is 1. The summed E-state index contributed by atoms with van der Waals surface area (Å²) in [5, 5.41) is 11.0. The van der Waals surface area contributed by atoms with Gasteiger partial charge in [-0.25, -0.2) is 9.98 Å². The van der Waals surface area contributed by atoms with E-state index < -0.39 is 11.6 Å². The van der Waals surface area contributed by atoms with Crippen LogP contribution >= 0.6 is 0 Å². The summed E-state index contributed by atoms with van der Waals surface area (Å²) < 4.78 is 2.44. The van der Waals surface area contributed by atoms with Gasteiger partial charge in [0.25, 0.3) is 0 Å². The Labute approximate surface area is 370 Å². The van der Waals surface area contributed by atoms with E-state index in [0.717, 1.165) is 39.0 Å². The first-order valence-electron chi connectivity index (χ1n) is 22.1. The Bertz CT molecular complexity index is 3770. The number of aliphatic imine (C=N–C) groups is 2. The predicted molar refractivity (Wildman–Crippen MR) is 264 cm³/mol. The molecule has 0 amide bonds. The van der Waals surface area contributed by atoms with Crippen molar-refractivity contribution in [3.63, 3.8) is 0 Å². The quantitative estimate of drug-likeness (QED) is 0.189. The highest BCUT2D eigenvalue weighted by molar-refractivity contribution is 6.20. The molecule has 11 aromatic rings. The zero-order valence-electron chi connectivity index (χ0n) is 34.7. The number of nitrogens with one attached hydrogen (secondary N) is 1. The van der Waals surface area contributed by atoms with Crippen LogP contribution in [0.4, 0.5) is 0 Å². The van der Waals surface area contributed by atoms with Crippen molar-refractivity contribution >= 4 is 55.0 Å². The van der Waals surface area contributed by atoms with Crippen LogP contribution < -0.4 is 5.32 Å². The summed E-state index contributed by atoms with van der Waals surface area (Å²) in [5.41, 5.74) is 16.6. The average molecular weight is 815 g/mol. The molecule has 0 fully saturated rings. The van der Waals surface area contributed by atoms with Crippen molar-refractivity contribution in [1.29, 1.82) is 0 Å². The zero-order valence-corrected chi connectivity index (χ0v) is 34.7. The highest BCUT2D eigenvalue weighted by Crippen LogP contribution is 2.63. The molecule has 1 aromatic heterocycles. The molecule has 14 rings (SSSR count). The fourth-order valence-electron chi connectivity index (χ4n) is 11.4. The lowest BCUT2D eigenvalue weighted by Crippen LogP contribution is -2.34. The Morgan fingerprint density at radius 3 is 1.69 bits per heavy atom. The summed E-state index contributed by atoms with van der Waals surface area (Å²) in [7, 11) is 0. The molecule has 10 aromatic carbocycles. The lowest BCUT2D eigenvalue weighted by Gasteiger charge is -2.31. The maximum Gasteiger partial charge on any atom is 0.160 e. The van der Waals surface area contributed by atoms with Gasteiger partial charge in [0.15, 0.2) is 5.84 Å². The van der Waals surface area contributed by atoms with Crippen molar-refractivity contribution < 1.29 is 0 Å². The van der Waals surface area contributed by atoms with Crippen molar-refractivity contribution in [3.05, 3.63) is 257 Å². The molecule has 1 aliphatic heterocycles. The Morgan fingerprint density at radius 2 is 0.969 bits per heavy atom. The van der Waals surface area contributed by atoms with E-state index in [2.05, 4.69) is 228 Å². The van der Waals surface area contributed by atoms with Crippen LogP contribution in [0.25, 0.3) is 71.3 Å². The van der Waals surface area contributed by atoms with Crippen LogP contribution in [-0.2, 0) is 5.41 Å². The molecular weight excluding hydrogens is 777 g/mol. The average Bonchev–Trinajstić information content (AvgIpc) is 3.96. The standard InChI is InChI=1S/C60H38N4/c1-2-16-37(17-3-1)57-61-58(40-30-31-45-44-23-10-14-28-52(44)60(53(45)35-40)50-26-12-8-21-42(50)43-22-9-13-27-51(43)60)63-59(62-57)48-32-33-55(46-24-7-6-20-41(46)48)64-54-29-15-11-25-47(54)49-34-38-18-4-5-19-39(38)36-56(49)64/h1-36,58H,(H,61,62,63). The van der Waals surface area contributed by atoms with Gasteiger partial charge in [-0.2, -0.15) is 0 Å². The minimum Gasteiger partial charge on any atom is -0.344 e. The molecule has 0 bridgehead atoms. The monoisotopic (exact) mass is 814 g/mol. The van der Waals surface area contributed by atoms with E-state index in [1.54, 1.807) is 0 Å². The van der Waals surface area contributed by atoms with Gasteiger partial charge in [0.1, 0.15) is 12.0 Å². The number of benzene rings is 10. The number of aromatic nitrogens is 1. The van der Waals surface area contributed by atoms with Crippen LogP contribution in [0.2, 0.25) is 0 Å². The minimum atomic E-state index is -0.447. The number of amidine groups is 2. The summed E-state index contributed by atoms with van der Waals surface area (Å²) in [4.78, 5) is 10.9. The van der Waals surface area contributed by atoms with Crippen molar-refractivity contribution in [2.45, 2.75) is 11.6 Å². The first-order valence-corrected chi connectivity index (χ1v) is 22.1. The molecular formula is C60H38N4. The summed E-state index contributed by atoms with van der Waals surface area (Å²) >= 11 is 0. The van der Waals surface area contributed by atoms with E-state index in [9.17, 15) is 0 Å². The number of rotatable bonds is 4. The van der Waals surface area contributed by atoms with Crippen molar-refractivity contribution in [3.8, 4) is 27.9 Å². The zero-order chi connectivity index (χ0) is 41.9. The molecule has 298 valence electrons. The summed E-state index contributed by atoms with van der Waals surface area (Å²) in [6.07, 6.45) is -0.398. The maximum absolute atomic E-state index is 5.56. The van der Waals surface area contributed by atoms with E-state index in [1.165, 1.54) is 77.1 Å². The molecule has 4 nitrogen and oxygen atoms in total. The molecule has 0 saturated heterocycles. The lowest BCUT2D eigenvalue weighted by molar-refractivity contribution is 0.671. The highest BCUT2D eigenvalue weighted by Gasteiger charge is 2.51. The van der Waals surface area contributed by atoms with Crippen LogP contribution in [0.3, 0.4) is 0 Å². The maximum atomic E-state index is 5.56. The molecule has 0 radical (unpaired) electrons. The largest absolute Gasteiger partial charge is 0.344 e. The van der Waals surface area contributed by atoms with Crippen molar-refractivity contribution in [2.24, 2.45) is 9.98 Å². The Balaban J connectivity index is 0.970. The van der Waals surface area contributed by atoms with Gasteiger partial charge in [-0.05, 0) is 103 Å². The highest BCUT2D eigenvalue weighted by atomic mass is 15.2. The van der Waals surface area contributed by atoms with Crippen LogP contribution in [0.15, 0.2) is 228 Å². The molecule has 3 aliphatic rings. The fourth-order valence-corrected chi connectivity index (χ4v) is 11.4. The Hall–Kier alpha value is -8.34. The molecule has 1 N–H and O–H groups in total. The van der Waals surface area contributed by atoms with Crippen LogP contribution in [0.5, 0.6) is 0 Å². The van der Waals surface area contributed by atoms with E-state index in [4.69, 9.17) is 9.98 Å². The van der Waals surface area contributed by atoms with Gasteiger partial charge in [0.05, 0.1) is 22.1 Å². The molecule has 4 heteroatoms. The smallest absolute Gasteiger partial charge is 0.160 e. The second-order valence-corrected chi connectivity index (χ2v) is 17.3. The van der Waals surface area contributed by atoms with Gasteiger partial charge in [-0.15, -0.1) is 0 Å². The third-order valence-electron chi connectivity index (χ3n) is 14.0. The second-order valence-electron chi connectivity index (χ2n) is 17.3. The van der Waals surface area contributed by atoms with E-state index in [-0.39, 0.29) is 0 Å². The van der Waals surface area contributed by atoms with Crippen LogP contribution in [-0.4, -0.2) is 16.2 Å². The first-order chi connectivity index (χ1) is 31.7. The summed E-state index contributed by atoms with van der Waals surface area (Å²) in [5.74, 6) is 1.50. The second kappa shape index (κ2) is 13.3. The predicted octanol–water partition coefficient (Wildman–Crippen LogP) is 13.9. The van der Waals surface area contributed by atoms with Crippen molar-refractivity contribution in [1.82, 2.24) is 9.88 Å². The molecule has 64 heavy (non-hydrogen) atoms. The third-order valence-corrected chi connectivity index (χ3v) is 14.0. The topological polar surface area (TPSA) is 41.7 Å². The van der Waals surface area contributed by atoms with Gasteiger partial charge in [0, 0.05) is 27.3 Å². The molecule has 2 aliphatic carbocycles.